The molecule has 0 bridgehead atoms. The van der Waals surface area contributed by atoms with Crippen LogP contribution in [0.15, 0.2) is 48.5 Å². The van der Waals surface area contributed by atoms with Gasteiger partial charge in [-0.2, -0.15) is 0 Å². The minimum atomic E-state index is -0.109. The first-order chi connectivity index (χ1) is 15.5. The van der Waals surface area contributed by atoms with Gasteiger partial charge in [0.05, 0.1) is 12.2 Å². The van der Waals surface area contributed by atoms with E-state index < -0.39 is 0 Å². The standard InChI is InChI=1S/C25H30ClN3O3/c1-18-16-29(22-15-20(26)7-8-23(22)32-18)25(31)10-9-24(30)27-21-11-13-28(14-12-21)17-19-5-3-2-4-6-19/h2-8,15,18,21H,9-14,16-17H2,1H3,(H,27,30). The van der Waals surface area contributed by atoms with Crippen molar-refractivity contribution in [3.63, 3.8) is 0 Å². The van der Waals surface area contributed by atoms with Crippen LogP contribution in [0.4, 0.5) is 5.69 Å². The Bertz CT molecular complexity index is 945. The Morgan fingerprint density at radius 2 is 1.84 bits per heavy atom. The molecule has 0 saturated carbocycles. The van der Waals surface area contributed by atoms with E-state index in [0.717, 1.165) is 32.5 Å². The first-order valence-electron chi connectivity index (χ1n) is 11.3. The first kappa shape index (κ1) is 22.6. The van der Waals surface area contributed by atoms with E-state index in [-0.39, 0.29) is 36.8 Å². The van der Waals surface area contributed by atoms with Crippen LogP contribution in [-0.4, -0.2) is 48.5 Å². The summed E-state index contributed by atoms with van der Waals surface area (Å²) in [7, 11) is 0. The summed E-state index contributed by atoms with van der Waals surface area (Å²) in [6.07, 6.45) is 2.10. The smallest absolute Gasteiger partial charge is 0.227 e. The normalized spacial score (nSPS) is 19.2. The number of likely N-dealkylation sites (tertiary alicyclic amines) is 1. The number of fused-ring (bicyclic) bond motifs is 1. The number of carbonyl (C=O) groups excluding carboxylic acids is 2. The fourth-order valence-corrected chi connectivity index (χ4v) is 4.55. The number of piperidine rings is 1. The quantitative estimate of drug-likeness (QED) is 0.714. The third kappa shape index (κ3) is 5.81. The topological polar surface area (TPSA) is 61.9 Å². The zero-order valence-electron chi connectivity index (χ0n) is 18.4. The van der Waals surface area contributed by atoms with Crippen molar-refractivity contribution >= 4 is 29.1 Å². The minimum absolute atomic E-state index is 0.0625. The Hall–Kier alpha value is -2.57. The predicted octanol–water partition coefficient (Wildman–Crippen LogP) is 4.01. The van der Waals surface area contributed by atoms with Gasteiger partial charge in [-0.3, -0.25) is 14.5 Å². The summed E-state index contributed by atoms with van der Waals surface area (Å²) >= 11 is 6.11. The number of ether oxygens (including phenoxy) is 1. The molecule has 6 nitrogen and oxygen atoms in total. The second kappa shape index (κ2) is 10.4. The monoisotopic (exact) mass is 455 g/mol. The highest BCUT2D eigenvalue weighted by Crippen LogP contribution is 2.36. The minimum Gasteiger partial charge on any atom is -0.487 e. The Labute approximate surface area is 194 Å². The highest BCUT2D eigenvalue weighted by Gasteiger charge is 2.28. The summed E-state index contributed by atoms with van der Waals surface area (Å²) in [6, 6.07) is 15.9. The molecule has 2 amide bonds. The number of anilines is 1. The summed E-state index contributed by atoms with van der Waals surface area (Å²) < 4.78 is 5.80. The molecule has 1 N–H and O–H groups in total. The third-order valence-corrected chi connectivity index (χ3v) is 6.28. The lowest BCUT2D eigenvalue weighted by atomic mass is 10.0. The number of carbonyl (C=O) groups is 2. The molecule has 2 aliphatic heterocycles. The molecule has 2 aromatic rings. The molecular formula is C25H30ClN3O3. The third-order valence-electron chi connectivity index (χ3n) is 6.05. The molecule has 2 aliphatic rings. The van der Waals surface area contributed by atoms with Crippen LogP contribution in [0.3, 0.4) is 0 Å². The molecule has 170 valence electrons. The second-order valence-electron chi connectivity index (χ2n) is 8.65. The average molecular weight is 456 g/mol. The van der Waals surface area contributed by atoms with E-state index in [2.05, 4.69) is 34.5 Å². The number of hydrogen-bond donors (Lipinski definition) is 1. The fraction of sp³-hybridized carbons (Fsp3) is 0.440. The van der Waals surface area contributed by atoms with Crippen molar-refractivity contribution in [1.82, 2.24) is 10.2 Å². The van der Waals surface area contributed by atoms with Crippen molar-refractivity contribution in [2.75, 3.05) is 24.5 Å². The van der Waals surface area contributed by atoms with Gasteiger partial charge in [-0.15, -0.1) is 0 Å². The maximum Gasteiger partial charge on any atom is 0.227 e. The lowest BCUT2D eigenvalue weighted by Crippen LogP contribution is -2.45. The number of benzene rings is 2. The maximum absolute atomic E-state index is 12.9. The summed E-state index contributed by atoms with van der Waals surface area (Å²) in [5, 5.41) is 3.67. The Balaban J connectivity index is 1.23. The molecule has 0 aliphatic carbocycles. The van der Waals surface area contributed by atoms with Gasteiger partial charge in [0.2, 0.25) is 11.8 Å². The number of rotatable bonds is 6. The van der Waals surface area contributed by atoms with Crippen molar-refractivity contribution in [3.05, 3.63) is 59.1 Å². The highest BCUT2D eigenvalue weighted by molar-refractivity contribution is 6.31. The molecule has 0 aromatic heterocycles. The van der Waals surface area contributed by atoms with Crippen LogP contribution >= 0.6 is 11.6 Å². The summed E-state index contributed by atoms with van der Waals surface area (Å²) in [4.78, 5) is 29.5. The lowest BCUT2D eigenvalue weighted by molar-refractivity contribution is -0.126. The van der Waals surface area contributed by atoms with Crippen LogP contribution in [0, 0.1) is 0 Å². The zero-order chi connectivity index (χ0) is 22.5. The lowest BCUT2D eigenvalue weighted by Gasteiger charge is -2.34. The van der Waals surface area contributed by atoms with Gasteiger partial charge >= 0.3 is 0 Å². The second-order valence-corrected chi connectivity index (χ2v) is 9.08. The largest absolute Gasteiger partial charge is 0.487 e. The van der Waals surface area contributed by atoms with Crippen molar-refractivity contribution < 1.29 is 14.3 Å². The SMILES string of the molecule is CC1CN(C(=O)CCC(=O)NC2CCN(Cc3ccccc3)CC2)c2cc(Cl)ccc2O1. The summed E-state index contributed by atoms with van der Waals surface area (Å²) in [5.74, 6) is 0.497. The van der Waals surface area contributed by atoms with Crippen LogP contribution in [0.25, 0.3) is 0 Å². The van der Waals surface area contributed by atoms with Gasteiger partial charge in [0.1, 0.15) is 11.9 Å². The molecule has 2 aromatic carbocycles. The van der Waals surface area contributed by atoms with Crippen molar-refractivity contribution in [1.29, 1.82) is 0 Å². The van der Waals surface area contributed by atoms with Gasteiger partial charge in [0.15, 0.2) is 0 Å². The van der Waals surface area contributed by atoms with Gasteiger partial charge in [0, 0.05) is 43.5 Å². The average Bonchev–Trinajstić information content (AvgIpc) is 2.79. The van der Waals surface area contributed by atoms with Crippen molar-refractivity contribution in [2.24, 2.45) is 0 Å². The summed E-state index contributed by atoms with van der Waals surface area (Å²) in [6.45, 7) is 5.24. The predicted molar refractivity (Wildman–Crippen MR) is 126 cm³/mol. The van der Waals surface area contributed by atoms with Crippen LogP contribution < -0.4 is 15.0 Å². The molecule has 0 spiro atoms. The van der Waals surface area contributed by atoms with E-state index >= 15 is 0 Å². The van der Waals surface area contributed by atoms with Gasteiger partial charge in [0.25, 0.3) is 0 Å². The summed E-state index contributed by atoms with van der Waals surface area (Å²) in [5.41, 5.74) is 1.99. The molecular weight excluding hydrogens is 426 g/mol. The van der Waals surface area contributed by atoms with Gasteiger partial charge in [-0.25, -0.2) is 0 Å². The molecule has 4 rings (SSSR count). The Morgan fingerprint density at radius 1 is 1.09 bits per heavy atom. The van der Waals surface area contributed by atoms with E-state index in [1.54, 1.807) is 23.1 Å². The highest BCUT2D eigenvalue weighted by atomic mass is 35.5. The molecule has 32 heavy (non-hydrogen) atoms. The van der Waals surface area contributed by atoms with Gasteiger partial charge in [-0.05, 0) is 43.5 Å². The fourth-order valence-electron chi connectivity index (χ4n) is 4.38. The van der Waals surface area contributed by atoms with Crippen LogP contribution in [-0.2, 0) is 16.1 Å². The van der Waals surface area contributed by atoms with E-state index in [4.69, 9.17) is 16.3 Å². The molecule has 1 saturated heterocycles. The number of nitrogens with one attached hydrogen (secondary N) is 1. The van der Waals surface area contributed by atoms with Crippen molar-refractivity contribution in [2.45, 2.75) is 51.3 Å². The van der Waals surface area contributed by atoms with E-state index in [9.17, 15) is 9.59 Å². The van der Waals surface area contributed by atoms with Gasteiger partial charge < -0.3 is 15.0 Å². The molecule has 2 heterocycles. The Morgan fingerprint density at radius 3 is 2.59 bits per heavy atom. The van der Waals surface area contributed by atoms with Crippen LogP contribution in [0.5, 0.6) is 5.75 Å². The van der Waals surface area contributed by atoms with E-state index in [1.807, 2.05) is 13.0 Å². The van der Waals surface area contributed by atoms with Gasteiger partial charge in [-0.1, -0.05) is 41.9 Å². The molecule has 1 atom stereocenters. The number of amides is 2. The van der Waals surface area contributed by atoms with Crippen molar-refractivity contribution in [3.8, 4) is 5.75 Å². The maximum atomic E-state index is 12.9. The number of nitrogens with zero attached hydrogens (tertiary/aromatic N) is 2. The zero-order valence-corrected chi connectivity index (χ0v) is 19.2. The van der Waals surface area contributed by atoms with Crippen LogP contribution in [0.1, 0.15) is 38.2 Å². The molecule has 7 heteroatoms. The Kier molecular flexibility index (Phi) is 7.33. The molecule has 1 fully saturated rings. The first-order valence-corrected chi connectivity index (χ1v) is 11.7. The van der Waals surface area contributed by atoms with E-state index in [1.165, 1.54) is 5.56 Å². The van der Waals surface area contributed by atoms with Crippen LogP contribution in [0.2, 0.25) is 5.02 Å². The molecule has 0 radical (unpaired) electrons. The number of halogens is 1. The van der Waals surface area contributed by atoms with E-state index in [0.29, 0.717) is 23.0 Å². The number of hydrogen-bond acceptors (Lipinski definition) is 4. The molecule has 1 unspecified atom stereocenters.